The fourth-order valence-corrected chi connectivity index (χ4v) is 3.20. The number of nitrogens with zero attached hydrogens (tertiary/aromatic N) is 1. The van der Waals surface area contributed by atoms with Crippen LogP contribution >= 0.6 is 0 Å². The van der Waals surface area contributed by atoms with Crippen LogP contribution in [-0.4, -0.2) is 31.9 Å². The summed E-state index contributed by atoms with van der Waals surface area (Å²) in [6.07, 6.45) is 4.47. The van der Waals surface area contributed by atoms with E-state index in [0.29, 0.717) is 0 Å². The summed E-state index contributed by atoms with van der Waals surface area (Å²) in [4.78, 5) is 2.35. The number of nitrogens with one attached hydrogen (secondary N) is 1. The van der Waals surface area contributed by atoms with Gasteiger partial charge in [-0.3, -0.25) is 0 Å². The molecule has 2 rings (SSSR count). The Morgan fingerprint density at radius 2 is 2.05 bits per heavy atom. The quantitative estimate of drug-likeness (QED) is 0.810. The van der Waals surface area contributed by atoms with Gasteiger partial charge in [-0.1, -0.05) is 26.0 Å². The average Bonchev–Trinajstić information content (AvgIpc) is 2.52. The number of aliphatic hydroxyl groups is 1. The largest absolute Gasteiger partial charge is 0.396 e. The van der Waals surface area contributed by atoms with Crippen molar-refractivity contribution in [3.05, 3.63) is 29.3 Å². The first-order valence-corrected chi connectivity index (χ1v) is 8.28. The summed E-state index contributed by atoms with van der Waals surface area (Å²) in [7, 11) is 2.17. The van der Waals surface area contributed by atoms with Crippen molar-refractivity contribution in [1.82, 2.24) is 5.32 Å². The molecule has 0 unspecified atom stereocenters. The minimum absolute atomic E-state index is 0.0361. The Hall–Kier alpha value is -1.06. The summed E-state index contributed by atoms with van der Waals surface area (Å²) in [6, 6.07) is 6.83. The maximum Gasteiger partial charge on any atom is 0.0499 e. The van der Waals surface area contributed by atoms with E-state index in [0.717, 1.165) is 32.5 Å². The van der Waals surface area contributed by atoms with Gasteiger partial charge in [0, 0.05) is 44.4 Å². The lowest BCUT2D eigenvalue weighted by Gasteiger charge is -2.30. The highest BCUT2D eigenvalue weighted by Gasteiger charge is 2.24. The molecular formula is C18H30N2O. The fraction of sp³-hybridized carbons (Fsp3) is 0.667. The summed E-state index contributed by atoms with van der Waals surface area (Å²) in [5, 5.41) is 13.2. The van der Waals surface area contributed by atoms with Crippen molar-refractivity contribution >= 4 is 5.69 Å². The summed E-state index contributed by atoms with van der Waals surface area (Å²) in [5.41, 5.74) is 4.25. The van der Waals surface area contributed by atoms with Crippen molar-refractivity contribution in [2.24, 2.45) is 5.41 Å². The molecule has 1 heterocycles. The molecule has 0 spiro atoms. The minimum Gasteiger partial charge on any atom is -0.396 e. The second-order valence-electron chi connectivity index (χ2n) is 6.46. The van der Waals surface area contributed by atoms with E-state index in [9.17, 15) is 5.11 Å². The second-order valence-corrected chi connectivity index (χ2v) is 6.46. The molecule has 1 aromatic carbocycles. The highest BCUT2D eigenvalue weighted by molar-refractivity contribution is 5.56. The van der Waals surface area contributed by atoms with E-state index in [4.69, 9.17) is 0 Å². The number of fused-ring (bicyclic) bond motifs is 1. The number of anilines is 1. The number of rotatable bonds is 7. The first-order chi connectivity index (χ1) is 10.1. The molecule has 2 N–H and O–H groups in total. The molecule has 0 aliphatic carbocycles. The Bertz CT molecular complexity index is 446. The molecule has 0 bridgehead atoms. The topological polar surface area (TPSA) is 35.5 Å². The van der Waals surface area contributed by atoms with Crippen LogP contribution in [0.25, 0.3) is 0 Å². The maximum absolute atomic E-state index is 9.62. The Morgan fingerprint density at radius 1 is 1.29 bits per heavy atom. The van der Waals surface area contributed by atoms with Crippen molar-refractivity contribution < 1.29 is 5.11 Å². The van der Waals surface area contributed by atoms with Gasteiger partial charge in [-0.05, 0) is 42.9 Å². The van der Waals surface area contributed by atoms with Gasteiger partial charge in [0.15, 0.2) is 0 Å². The lowest BCUT2D eigenvalue weighted by Crippen LogP contribution is -2.36. The van der Waals surface area contributed by atoms with Crippen molar-refractivity contribution in [3.63, 3.8) is 0 Å². The summed E-state index contributed by atoms with van der Waals surface area (Å²) in [6.45, 7) is 7.52. The van der Waals surface area contributed by atoms with Crippen LogP contribution in [0.5, 0.6) is 0 Å². The Kier molecular flexibility index (Phi) is 5.65. The van der Waals surface area contributed by atoms with Gasteiger partial charge in [0.25, 0.3) is 0 Å². The third-order valence-corrected chi connectivity index (χ3v) is 5.16. The van der Waals surface area contributed by atoms with Crippen LogP contribution in [0, 0.1) is 5.41 Å². The van der Waals surface area contributed by atoms with Crippen molar-refractivity contribution in [2.45, 2.75) is 46.1 Å². The minimum atomic E-state index is 0.0361. The predicted octanol–water partition coefficient (Wildman–Crippen LogP) is 2.96. The van der Waals surface area contributed by atoms with Gasteiger partial charge >= 0.3 is 0 Å². The highest BCUT2D eigenvalue weighted by atomic mass is 16.3. The lowest BCUT2D eigenvalue weighted by molar-refractivity contribution is 0.113. The van der Waals surface area contributed by atoms with E-state index in [1.165, 1.54) is 29.7 Å². The standard InChI is InChI=1S/C18H30N2O/c1-4-18(5-2,14-21)13-19-12-15-8-9-17-16(11-15)7-6-10-20(17)3/h8-9,11,19,21H,4-7,10,12-14H2,1-3H3. The van der Waals surface area contributed by atoms with E-state index in [2.05, 4.69) is 49.3 Å². The van der Waals surface area contributed by atoms with Gasteiger partial charge < -0.3 is 15.3 Å². The molecule has 0 saturated heterocycles. The summed E-state index contributed by atoms with van der Waals surface area (Å²) < 4.78 is 0. The molecule has 0 atom stereocenters. The SMILES string of the molecule is CCC(CC)(CO)CNCc1ccc2c(c1)CCCN2C. The van der Waals surface area contributed by atoms with E-state index in [-0.39, 0.29) is 12.0 Å². The van der Waals surface area contributed by atoms with E-state index < -0.39 is 0 Å². The van der Waals surface area contributed by atoms with E-state index in [1.54, 1.807) is 0 Å². The molecule has 3 nitrogen and oxygen atoms in total. The third-order valence-electron chi connectivity index (χ3n) is 5.16. The molecule has 3 heteroatoms. The average molecular weight is 290 g/mol. The number of hydrogen-bond donors (Lipinski definition) is 2. The van der Waals surface area contributed by atoms with Gasteiger partial charge in [0.05, 0.1) is 0 Å². The number of aryl methyl sites for hydroxylation is 1. The van der Waals surface area contributed by atoms with Crippen LogP contribution in [0.3, 0.4) is 0 Å². The molecule has 0 aromatic heterocycles. The van der Waals surface area contributed by atoms with Crippen molar-refractivity contribution in [1.29, 1.82) is 0 Å². The summed E-state index contributed by atoms with van der Waals surface area (Å²) in [5.74, 6) is 0. The van der Waals surface area contributed by atoms with Crippen LogP contribution in [0.1, 0.15) is 44.2 Å². The van der Waals surface area contributed by atoms with Gasteiger partial charge in [-0.2, -0.15) is 0 Å². The van der Waals surface area contributed by atoms with Crippen molar-refractivity contribution in [2.75, 3.05) is 31.6 Å². The number of aliphatic hydroxyl groups excluding tert-OH is 1. The molecule has 1 aliphatic rings. The molecular weight excluding hydrogens is 260 g/mol. The Balaban J connectivity index is 1.95. The second kappa shape index (κ2) is 7.28. The van der Waals surface area contributed by atoms with E-state index >= 15 is 0 Å². The first-order valence-electron chi connectivity index (χ1n) is 8.28. The Labute approximate surface area is 129 Å². The third kappa shape index (κ3) is 3.78. The van der Waals surface area contributed by atoms with Crippen molar-refractivity contribution in [3.8, 4) is 0 Å². The monoisotopic (exact) mass is 290 g/mol. The van der Waals surface area contributed by atoms with Crippen LogP contribution < -0.4 is 10.2 Å². The number of hydrogen-bond acceptors (Lipinski definition) is 3. The molecule has 21 heavy (non-hydrogen) atoms. The zero-order valence-electron chi connectivity index (χ0n) is 13.8. The zero-order valence-corrected chi connectivity index (χ0v) is 13.8. The normalized spacial score (nSPS) is 15.1. The number of benzene rings is 1. The van der Waals surface area contributed by atoms with Gasteiger partial charge in [-0.15, -0.1) is 0 Å². The molecule has 0 fully saturated rings. The first kappa shape index (κ1) is 16.3. The van der Waals surface area contributed by atoms with Gasteiger partial charge in [0.1, 0.15) is 0 Å². The highest BCUT2D eigenvalue weighted by Crippen LogP contribution is 2.27. The van der Waals surface area contributed by atoms with Crippen LogP contribution in [0.2, 0.25) is 0 Å². The lowest BCUT2D eigenvalue weighted by atomic mass is 9.83. The molecule has 1 aromatic rings. The zero-order chi connectivity index (χ0) is 15.3. The molecule has 0 saturated carbocycles. The van der Waals surface area contributed by atoms with Gasteiger partial charge in [-0.25, -0.2) is 0 Å². The fourth-order valence-electron chi connectivity index (χ4n) is 3.20. The Morgan fingerprint density at radius 3 is 2.71 bits per heavy atom. The molecule has 1 aliphatic heterocycles. The summed E-state index contributed by atoms with van der Waals surface area (Å²) >= 11 is 0. The van der Waals surface area contributed by atoms with Gasteiger partial charge in [0.2, 0.25) is 0 Å². The molecule has 118 valence electrons. The predicted molar refractivity (Wildman–Crippen MR) is 89.8 cm³/mol. The van der Waals surface area contributed by atoms with Crippen LogP contribution in [0.4, 0.5) is 5.69 Å². The smallest absolute Gasteiger partial charge is 0.0499 e. The molecule has 0 radical (unpaired) electrons. The van der Waals surface area contributed by atoms with Crippen LogP contribution in [0.15, 0.2) is 18.2 Å². The van der Waals surface area contributed by atoms with Crippen LogP contribution in [-0.2, 0) is 13.0 Å². The maximum atomic E-state index is 9.62. The van der Waals surface area contributed by atoms with E-state index in [1.807, 2.05) is 0 Å². The molecule has 0 amide bonds.